The summed E-state index contributed by atoms with van der Waals surface area (Å²) in [6.07, 6.45) is 4.37. The predicted molar refractivity (Wildman–Crippen MR) is 485 cm³/mol. The van der Waals surface area contributed by atoms with Gasteiger partial charge in [0.05, 0.1) is 105 Å². The molecule has 8 atom stereocenters. The lowest BCUT2D eigenvalue weighted by Crippen LogP contribution is -2.35. The average molecular weight is 2010 g/mol. The summed E-state index contributed by atoms with van der Waals surface area (Å²) >= 11 is 4.29. The van der Waals surface area contributed by atoms with Crippen molar-refractivity contribution in [3.63, 3.8) is 0 Å². The van der Waals surface area contributed by atoms with E-state index < -0.39 is 65.3 Å². The molecule has 0 radical (unpaired) electrons. The van der Waals surface area contributed by atoms with Crippen molar-refractivity contribution >= 4 is 142 Å². The summed E-state index contributed by atoms with van der Waals surface area (Å²) in [6.45, 7) is 29.9. The Labute approximate surface area is 752 Å². The van der Waals surface area contributed by atoms with E-state index in [0.717, 1.165) is 30.0 Å². The van der Waals surface area contributed by atoms with Gasteiger partial charge >= 0.3 is 18.0 Å². The number of fused-ring (bicyclic) bond motifs is 4. The summed E-state index contributed by atoms with van der Waals surface area (Å²) in [5, 5.41) is 34.3. The normalized spacial score (nSPS) is 20.0. The van der Waals surface area contributed by atoms with Crippen LogP contribution in [0.15, 0.2) is 177 Å². The van der Waals surface area contributed by atoms with Crippen LogP contribution < -0.4 is 14.2 Å². The first-order valence-corrected chi connectivity index (χ1v) is 47.3. The minimum atomic E-state index is -3.76. The number of rotatable bonds is 20. The van der Waals surface area contributed by atoms with Crippen LogP contribution in [0.1, 0.15) is 138 Å². The largest absolute Gasteiger partial charge is 0.491 e. The predicted octanol–water partition coefficient (Wildman–Crippen LogP) is 16.6. The lowest BCUT2D eigenvalue weighted by Gasteiger charge is -2.24. The second-order valence-electron chi connectivity index (χ2n) is 33.0. The molecule has 0 unspecified atom stereocenters. The van der Waals surface area contributed by atoms with Gasteiger partial charge in [-0.15, -0.1) is 0 Å². The third-order valence-corrected chi connectivity index (χ3v) is 28.3. The number of hydrogen-bond acceptors (Lipinski definition) is 19. The van der Waals surface area contributed by atoms with Crippen molar-refractivity contribution in [1.82, 2.24) is 47.2 Å². The third kappa shape index (κ3) is 23.7. The van der Waals surface area contributed by atoms with Crippen LogP contribution in [0.2, 0.25) is 0 Å². The fraction of sp³-hybridized carbons (Fsp3) is 0.404. The van der Waals surface area contributed by atoms with E-state index in [2.05, 4.69) is 65.5 Å². The molecule has 0 aliphatic carbocycles. The zero-order valence-corrected chi connectivity index (χ0v) is 78.4. The molecular weight excluding hydrogens is 1910 g/mol. The van der Waals surface area contributed by atoms with Gasteiger partial charge in [-0.25, -0.2) is 57.2 Å². The van der Waals surface area contributed by atoms with E-state index in [1.165, 1.54) is 85.7 Å². The third-order valence-electron chi connectivity index (χ3n) is 21.0. The van der Waals surface area contributed by atoms with Gasteiger partial charge in [-0.3, -0.25) is 19.0 Å². The number of ether oxygens (including phenoxy) is 5. The SMILES string of the molecule is CC(C)Oc1ccc(S(=O)(=O)N2C[C@@H](C)[C@@H](n3nc(/C=C/C(=O)O)c4ccc(F)cc43)C2)cc1.CC(C)Oc1ccc(S(=O)(=O)N2C[C@@H](C)[C@@H](n3nc(I)c4ccc(F)cc43)C2)cc1.CCOC(=O)/C=C/c1nn([C@H]2CN(S(=O)(=O)c3ccc(OC(C)C)cc3)C[C@H]2C)c2cc(F)ccc12.C[C@@H]1CN(C(=O)OC(C)(C)C)C[C@H]1O.Fc1ccc2c(c1)CN=C2I. The number of β-amino-alcohol motifs (C(OH)–C–C–N with tert-alkyl or cyclic N) is 1. The lowest BCUT2D eigenvalue weighted by molar-refractivity contribution is -0.137. The smallest absolute Gasteiger partial charge is 0.410 e. The molecule has 0 bridgehead atoms. The van der Waals surface area contributed by atoms with Crippen molar-refractivity contribution in [2.45, 2.75) is 166 Å². The second-order valence-corrected chi connectivity index (χ2v) is 40.8. The monoisotopic (exact) mass is 2010 g/mol. The number of aliphatic carboxylic acids is 1. The molecule has 15 rings (SSSR count). The number of benzene rings is 7. The topological polar surface area (TPSA) is 319 Å². The van der Waals surface area contributed by atoms with Crippen molar-refractivity contribution in [2.75, 3.05) is 59.0 Å². The fourth-order valence-corrected chi connectivity index (χ4v) is 21.0. The molecule has 4 fully saturated rings. The van der Waals surface area contributed by atoms with Crippen LogP contribution in [0.25, 0.3) is 44.9 Å². The van der Waals surface area contributed by atoms with Crippen LogP contribution in [0.5, 0.6) is 17.2 Å². The number of carboxylic acids is 1. The molecule has 5 aliphatic rings. The Morgan fingerprint density at radius 3 is 1.23 bits per heavy atom. The zero-order chi connectivity index (χ0) is 91.1. The molecule has 0 spiro atoms. The molecule has 7 aromatic carbocycles. The lowest BCUT2D eigenvalue weighted by atomic mass is 10.1. The van der Waals surface area contributed by atoms with Gasteiger partial charge in [0.15, 0.2) is 0 Å². The maximum Gasteiger partial charge on any atom is 0.410 e. The van der Waals surface area contributed by atoms with Gasteiger partial charge in [-0.1, -0.05) is 27.7 Å². The van der Waals surface area contributed by atoms with Crippen LogP contribution in [-0.2, 0) is 55.7 Å². The molecule has 1 amide bonds. The highest BCUT2D eigenvalue weighted by Crippen LogP contribution is 2.40. The highest BCUT2D eigenvalue weighted by atomic mass is 127. The number of likely N-dealkylation sites (tertiary alicyclic amines) is 1. The number of esters is 1. The number of aliphatic imine (C=N–C) groups is 1. The zero-order valence-electron chi connectivity index (χ0n) is 71.6. The number of aliphatic hydroxyl groups excluding tert-OH is 1. The van der Waals surface area contributed by atoms with E-state index in [4.69, 9.17) is 28.8 Å². The molecule has 36 heteroatoms. The molecule has 3 aromatic heterocycles. The Morgan fingerprint density at radius 2 is 0.864 bits per heavy atom. The molecule has 125 heavy (non-hydrogen) atoms. The Bertz CT molecular complexity index is 6000. The molecular formula is C89H103F4I2N11O16S3. The van der Waals surface area contributed by atoms with Crippen LogP contribution in [0.3, 0.4) is 0 Å². The van der Waals surface area contributed by atoms with E-state index in [1.54, 1.807) is 117 Å². The Morgan fingerprint density at radius 1 is 0.496 bits per heavy atom. The number of carbonyl (C=O) groups is 3. The van der Waals surface area contributed by atoms with E-state index in [0.29, 0.717) is 88.7 Å². The highest BCUT2D eigenvalue weighted by Gasteiger charge is 2.43. The quantitative estimate of drug-likeness (QED) is 0.0310. The number of aromatic nitrogens is 6. The summed E-state index contributed by atoms with van der Waals surface area (Å²) in [4.78, 5) is 40.6. The molecule has 670 valence electrons. The summed E-state index contributed by atoms with van der Waals surface area (Å²) < 4.78 is 173. The maximum atomic E-state index is 14.2. The van der Waals surface area contributed by atoms with E-state index in [1.807, 2.05) is 90.0 Å². The highest BCUT2D eigenvalue weighted by molar-refractivity contribution is 14.1. The molecule has 5 aliphatic heterocycles. The average Bonchev–Trinajstić information content (AvgIpc) is 1.62. The van der Waals surface area contributed by atoms with Gasteiger partial charge in [-0.05, 0) is 295 Å². The number of nitrogens with zero attached hydrogens (tertiary/aromatic N) is 11. The number of carboxylic acid groups (broad SMARTS) is 1. The Balaban J connectivity index is 0.000000160. The van der Waals surface area contributed by atoms with Crippen molar-refractivity contribution in [3.8, 4) is 17.2 Å². The van der Waals surface area contributed by atoms with Gasteiger partial charge in [0.1, 0.15) is 53.5 Å². The second kappa shape index (κ2) is 40.7. The molecule has 10 aromatic rings. The molecule has 2 N–H and O–H groups in total. The van der Waals surface area contributed by atoms with Crippen LogP contribution in [-0.4, -0.2) is 193 Å². The first-order chi connectivity index (χ1) is 58.9. The van der Waals surface area contributed by atoms with Gasteiger partial charge in [-0.2, -0.15) is 28.2 Å². The van der Waals surface area contributed by atoms with E-state index >= 15 is 0 Å². The van der Waals surface area contributed by atoms with Crippen LogP contribution in [0.4, 0.5) is 22.4 Å². The van der Waals surface area contributed by atoms with Gasteiger partial charge in [0.2, 0.25) is 30.1 Å². The number of hydrogen-bond donors (Lipinski definition) is 2. The number of carbonyl (C=O) groups excluding carboxylic acids is 2. The van der Waals surface area contributed by atoms with E-state index in [-0.39, 0.29) is 125 Å². The first-order valence-electron chi connectivity index (χ1n) is 40.8. The minimum Gasteiger partial charge on any atom is -0.491 e. The molecule has 27 nitrogen and oxygen atoms in total. The van der Waals surface area contributed by atoms with Crippen molar-refractivity contribution in [3.05, 3.63) is 207 Å². The Kier molecular flexibility index (Phi) is 31.3. The van der Waals surface area contributed by atoms with Crippen LogP contribution >= 0.6 is 45.2 Å². The van der Waals surface area contributed by atoms with Crippen molar-refractivity contribution in [2.24, 2.45) is 28.7 Å². The summed E-state index contributed by atoms with van der Waals surface area (Å²) in [5.41, 5.74) is 4.17. The van der Waals surface area contributed by atoms with Gasteiger partial charge in [0, 0.05) is 85.6 Å². The Hall–Kier alpha value is -9.42. The maximum absolute atomic E-state index is 14.2. The standard InChI is InChI=1S/C26H30FN3O5S.C24H26FN3O5S.C21H23FIN3O3S.C10H19NO3.C8H5FIN/c1-5-34-26(31)13-12-23-22-11-6-19(27)14-24(22)30(28-23)25-16-29(15-18(25)4)36(32,33)21-9-7-20(8-10-21)35-17(2)3;1-15(2)33-18-5-7-19(8-6-18)34(31,32)27-13-16(3)23(14-27)28-22-12-17(25)4-9-20(22)21(26-28)10-11-24(29)30;1-13(2)29-16-5-7-17(8-6-16)30(27,28)25-11-14(3)20(12-25)26-19-10-15(22)4-9-18(19)21(23)24-26;1-7-5-11(6-8(7)12)9(13)14-10(2,3)4;9-6-1-2-7-5(3-6)4-11-8(7)10/h6-14,17-18,25H,5,15-16H2,1-4H3;4-12,15-16,23H,13-14H2,1-3H3,(H,29,30);4-10,13-14,20H,11-12H2,1-3H3;7-8,12H,5-6H2,1-4H3;1-3H,4H2/b13-12+;11-10+;;;/t18-,25+;16-,23+;14-,20+;7-,8-;/m1111./s1. The molecule has 8 heterocycles. The van der Waals surface area contributed by atoms with Crippen LogP contribution in [0, 0.1) is 50.6 Å². The van der Waals surface area contributed by atoms with Crippen molar-refractivity contribution < 1.29 is 91.1 Å². The number of amides is 1. The van der Waals surface area contributed by atoms with Gasteiger partial charge < -0.3 is 38.8 Å². The number of sulfonamides is 3. The number of halogens is 6. The molecule has 0 saturated carbocycles. The summed E-state index contributed by atoms with van der Waals surface area (Å²) in [5.74, 6) is -1.21. The summed E-state index contributed by atoms with van der Waals surface area (Å²) in [7, 11) is -11.2. The minimum absolute atomic E-state index is 0.0154. The van der Waals surface area contributed by atoms with Gasteiger partial charge in [0.25, 0.3) is 0 Å². The molecule has 4 saturated heterocycles. The first kappa shape index (κ1) is 96.2. The number of aliphatic hydroxyl groups is 1. The fourth-order valence-electron chi connectivity index (χ4n) is 15.0. The van der Waals surface area contributed by atoms with Crippen molar-refractivity contribution in [1.29, 1.82) is 0 Å². The summed E-state index contributed by atoms with van der Waals surface area (Å²) in [6, 6.07) is 36.2. The van der Waals surface area contributed by atoms with E-state index in [9.17, 15) is 62.3 Å².